The maximum atomic E-state index is 11.2. The van der Waals surface area contributed by atoms with E-state index in [4.69, 9.17) is 5.26 Å². The molecule has 0 N–H and O–H groups in total. The largest absolute Gasteiger partial charge is 0.433 e. The minimum Gasteiger partial charge on any atom is -0.221 e. The van der Waals surface area contributed by atoms with Crippen molar-refractivity contribution in [3.63, 3.8) is 0 Å². The van der Waals surface area contributed by atoms with Crippen LogP contribution in [0.5, 0.6) is 0 Å². The molecular weight excluding hydrogens is 126 g/mol. The molecule has 0 aromatic heterocycles. The van der Waals surface area contributed by atoms with Crippen LogP contribution in [0, 0.1) is 11.3 Å². The maximum absolute atomic E-state index is 11.2. The van der Waals surface area contributed by atoms with Gasteiger partial charge in [-0.15, -0.1) is 0 Å². The summed E-state index contributed by atoms with van der Waals surface area (Å²) in [5, 5.41) is 7.33. The van der Waals surface area contributed by atoms with E-state index >= 15 is 0 Å². The van der Waals surface area contributed by atoms with Gasteiger partial charge in [0.05, 0.1) is 0 Å². The van der Waals surface area contributed by atoms with Crippen LogP contribution in [0.3, 0.4) is 0 Å². The van der Waals surface area contributed by atoms with Crippen LogP contribution in [-0.2, 0) is 0 Å². The molecule has 0 rings (SSSR count). The highest BCUT2D eigenvalue weighted by molar-refractivity contribution is 4.88. The van der Waals surface area contributed by atoms with Gasteiger partial charge < -0.3 is 0 Å². The molecule has 0 spiro atoms. The van der Waals surface area contributed by atoms with Gasteiger partial charge in [-0.3, -0.25) is 0 Å². The van der Waals surface area contributed by atoms with Crippen molar-refractivity contribution in [3.05, 3.63) is 0 Å². The fourth-order valence-corrected chi connectivity index (χ4v) is 0.0732. The molecule has 0 unspecified atom stereocenters. The molecule has 0 aromatic carbocycles. The summed E-state index contributed by atoms with van der Waals surface area (Å²) >= 11 is 0. The lowest BCUT2D eigenvalue weighted by atomic mass is 10.4. The summed E-state index contributed by atoms with van der Waals surface area (Å²) < 4.78 is 43.7. The highest BCUT2D eigenvalue weighted by atomic mass is 19.4. The van der Waals surface area contributed by atoms with Crippen molar-refractivity contribution in [1.29, 1.82) is 5.26 Å². The van der Waals surface area contributed by atoms with Crippen molar-refractivity contribution < 1.29 is 17.6 Å². The minimum atomic E-state index is -5.02. The molecule has 0 bridgehead atoms. The van der Waals surface area contributed by atoms with Crippen molar-refractivity contribution in [2.24, 2.45) is 0 Å². The first-order chi connectivity index (χ1) is 3.48. The molecule has 0 saturated heterocycles. The first kappa shape index (κ1) is 7.21. The molecule has 0 saturated carbocycles. The van der Waals surface area contributed by atoms with Gasteiger partial charge in [-0.25, -0.2) is 4.39 Å². The number of nitriles is 1. The number of nitrogens with zero attached hydrogens (tertiary/aromatic N) is 1. The van der Waals surface area contributed by atoms with Crippen molar-refractivity contribution in [1.82, 2.24) is 0 Å². The van der Waals surface area contributed by atoms with Crippen LogP contribution in [0.2, 0.25) is 0 Å². The number of hydrogen-bond donors (Lipinski definition) is 0. The molecule has 0 radical (unpaired) electrons. The second-order valence-electron chi connectivity index (χ2n) is 1.03. The summed E-state index contributed by atoms with van der Waals surface area (Å²) in [6.07, 6.45) is -8.36. The quantitative estimate of drug-likeness (QED) is 0.451. The van der Waals surface area contributed by atoms with E-state index < -0.39 is 12.3 Å². The van der Waals surface area contributed by atoms with E-state index in [9.17, 15) is 17.6 Å². The zero-order valence-corrected chi connectivity index (χ0v) is 3.54. The number of hydrogen-bond acceptors (Lipinski definition) is 1. The first-order valence-corrected chi connectivity index (χ1v) is 1.59. The lowest BCUT2D eigenvalue weighted by molar-refractivity contribution is -0.164. The Balaban J connectivity index is 3.87. The van der Waals surface area contributed by atoms with Gasteiger partial charge in [-0.1, -0.05) is 0 Å². The predicted molar refractivity (Wildman–Crippen MR) is 16.6 cm³/mol. The molecule has 1 nitrogen and oxygen atoms in total. The van der Waals surface area contributed by atoms with E-state index in [0.717, 1.165) is 0 Å². The SMILES string of the molecule is N#C[C@@H](F)C(F)(F)F. The van der Waals surface area contributed by atoms with Gasteiger partial charge in [-0.05, 0) is 0 Å². The van der Waals surface area contributed by atoms with Crippen LogP contribution in [0.4, 0.5) is 17.6 Å². The predicted octanol–water partition coefficient (Wildman–Crippen LogP) is 1.41. The normalized spacial score (nSPS) is 14.9. The molecular formula is C3HF4N. The first-order valence-electron chi connectivity index (χ1n) is 1.59. The molecule has 1 atom stereocenters. The fourth-order valence-electron chi connectivity index (χ4n) is 0.0732. The molecule has 46 valence electrons. The molecule has 0 fully saturated rings. The molecule has 0 aliphatic heterocycles. The summed E-state index contributed by atoms with van der Waals surface area (Å²) in [6.45, 7) is 0. The lowest BCUT2D eigenvalue weighted by Crippen LogP contribution is -2.21. The van der Waals surface area contributed by atoms with Crippen molar-refractivity contribution in [2.45, 2.75) is 12.3 Å². The summed E-state index contributed by atoms with van der Waals surface area (Å²) in [5.41, 5.74) is 0. The van der Waals surface area contributed by atoms with Crippen LogP contribution in [0.1, 0.15) is 0 Å². The third kappa shape index (κ3) is 1.78. The average Bonchev–Trinajstić information content (AvgIpc) is 1.62. The fraction of sp³-hybridized carbons (Fsp3) is 0.667. The second-order valence-corrected chi connectivity index (χ2v) is 1.03. The number of alkyl halides is 4. The Morgan fingerprint density at radius 2 is 1.75 bits per heavy atom. The highest BCUT2D eigenvalue weighted by Gasteiger charge is 2.40. The summed E-state index contributed by atoms with van der Waals surface area (Å²) in [4.78, 5) is 0. The molecule has 0 aliphatic rings. The zero-order chi connectivity index (χ0) is 6.78. The zero-order valence-electron chi connectivity index (χ0n) is 3.54. The van der Waals surface area contributed by atoms with E-state index in [1.54, 1.807) is 0 Å². The van der Waals surface area contributed by atoms with Gasteiger partial charge >= 0.3 is 6.18 Å². The van der Waals surface area contributed by atoms with Crippen LogP contribution in [0.25, 0.3) is 0 Å². The highest BCUT2D eigenvalue weighted by Crippen LogP contribution is 2.21. The third-order valence-electron chi connectivity index (χ3n) is 0.401. The molecule has 0 aromatic rings. The molecule has 0 amide bonds. The molecule has 0 aliphatic carbocycles. The summed E-state index contributed by atoms with van der Waals surface area (Å²) in [7, 11) is 0. The van der Waals surface area contributed by atoms with Crippen LogP contribution < -0.4 is 0 Å². The van der Waals surface area contributed by atoms with Crippen LogP contribution in [0.15, 0.2) is 0 Å². The van der Waals surface area contributed by atoms with Gasteiger partial charge in [0.2, 0.25) is 0 Å². The van der Waals surface area contributed by atoms with Gasteiger partial charge in [0.25, 0.3) is 6.17 Å². The van der Waals surface area contributed by atoms with Crippen molar-refractivity contribution in [3.8, 4) is 6.07 Å². The van der Waals surface area contributed by atoms with Gasteiger partial charge in [-0.2, -0.15) is 18.4 Å². The summed E-state index contributed by atoms with van der Waals surface area (Å²) in [6, 6.07) is 0.413. The molecule has 8 heavy (non-hydrogen) atoms. The topological polar surface area (TPSA) is 23.8 Å². The Morgan fingerprint density at radius 3 is 1.75 bits per heavy atom. The monoisotopic (exact) mass is 127 g/mol. The summed E-state index contributed by atoms with van der Waals surface area (Å²) in [5.74, 6) is 0. The Bertz CT molecular complexity index is 109. The Labute approximate surface area is 42.5 Å². The van der Waals surface area contributed by atoms with E-state index in [-0.39, 0.29) is 0 Å². The number of halogens is 4. The smallest absolute Gasteiger partial charge is 0.221 e. The maximum Gasteiger partial charge on any atom is 0.433 e. The Hall–Kier alpha value is -0.790. The van der Waals surface area contributed by atoms with E-state index in [0.29, 0.717) is 6.07 Å². The Morgan fingerprint density at radius 1 is 1.38 bits per heavy atom. The van der Waals surface area contributed by atoms with E-state index in [1.807, 2.05) is 0 Å². The van der Waals surface area contributed by atoms with Gasteiger partial charge in [0.1, 0.15) is 6.07 Å². The molecule has 5 heteroatoms. The van der Waals surface area contributed by atoms with Crippen LogP contribution in [-0.4, -0.2) is 12.3 Å². The third-order valence-corrected chi connectivity index (χ3v) is 0.401. The van der Waals surface area contributed by atoms with Crippen molar-refractivity contribution in [2.75, 3.05) is 0 Å². The Kier molecular flexibility index (Phi) is 1.79. The standard InChI is InChI=1S/C3HF4N/c4-2(1-8)3(5,6)7/h2H/t2-/m1/s1. The lowest BCUT2D eigenvalue weighted by Gasteiger charge is -2.01. The molecule has 0 heterocycles. The van der Waals surface area contributed by atoms with E-state index in [2.05, 4.69) is 0 Å². The van der Waals surface area contributed by atoms with Gasteiger partial charge in [0.15, 0.2) is 0 Å². The van der Waals surface area contributed by atoms with Crippen molar-refractivity contribution >= 4 is 0 Å². The number of rotatable bonds is 0. The minimum absolute atomic E-state index is 0.413. The van der Waals surface area contributed by atoms with E-state index in [1.165, 1.54) is 0 Å². The second kappa shape index (κ2) is 1.99. The average molecular weight is 127 g/mol. The van der Waals surface area contributed by atoms with Gasteiger partial charge in [0, 0.05) is 0 Å². The van der Waals surface area contributed by atoms with Crippen LogP contribution >= 0.6 is 0 Å².